The molecule has 1 aromatic rings. The quantitative estimate of drug-likeness (QED) is 0.707. The Balaban J connectivity index is 0.00000400. The third-order valence-corrected chi connectivity index (χ3v) is 3.82. The van der Waals surface area contributed by atoms with E-state index in [1.165, 1.54) is 22.4 Å². The molecule has 0 N–H and O–H groups in total. The normalized spacial score (nSPS) is 12.9. The Morgan fingerprint density at radius 1 is 0.667 bits per heavy atom. The molecule has 1 aromatic carbocycles. The van der Waals surface area contributed by atoms with E-state index in [0.717, 1.165) is 0 Å². The third kappa shape index (κ3) is 5.35. The second-order valence-corrected chi connectivity index (χ2v) is 8.89. The fourth-order valence-electron chi connectivity index (χ4n) is 2.45. The first-order chi connectivity index (χ1) is 8.78. The molecule has 114 valence electrons. The summed E-state index contributed by atoms with van der Waals surface area (Å²) < 4.78 is 0. The second kappa shape index (κ2) is 7.05. The van der Waals surface area contributed by atoms with Crippen LogP contribution in [-0.4, -0.2) is 7.05 Å². The molecule has 0 bridgehead atoms. The van der Waals surface area contributed by atoms with Crippen LogP contribution in [0, 0.1) is 0 Å². The molecule has 1 nitrogen and oxygen atoms in total. The summed E-state index contributed by atoms with van der Waals surface area (Å²) in [5, 5.41) is 4.63. The van der Waals surface area contributed by atoms with Crippen LogP contribution in [0.1, 0.15) is 79.0 Å². The van der Waals surface area contributed by atoms with Crippen molar-refractivity contribution in [3.05, 3.63) is 34.1 Å². The van der Waals surface area contributed by atoms with E-state index in [2.05, 4.69) is 79.8 Å². The largest absolute Gasteiger partial charge is 1.00 e. The topological polar surface area (TPSA) is 14.1 Å². The van der Waals surface area contributed by atoms with Crippen molar-refractivity contribution in [1.82, 2.24) is 0 Å². The molecule has 2 heteroatoms. The minimum Gasteiger partial charge on any atom is -0.686 e. The van der Waals surface area contributed by atoms with Crippen LogP contribution < -0.4 is 51.4 Å². The van der Waals surface area contributed by atoms with Crippen LogP contribution in [0.3, 0.4) is 0 Å². The first kappa shape index (κ1) is 21.7. The molecule has 0 heterocycles. The van der Waals surface area contributed by atoms with Crippen molar-refractivity contribution in [3.8, 4) is 0 Å². The molecule has 0 atom stereocenters. The molecule has 0 saturated heterocycles. The van der Waals surface area contributed by atoms with Gasteiger partial charge in [0.25, 0.3) is 0 Å². The van der Waals surface area contributed by atoms with Gasteiger partial charge in [0, 0.05) is 0 Å². The molecular formula is C19H32KN. The molecule has 21 heavy (non-hydrogen) atoms. The first-order valence-electron chi connectivity index (χ1n) is 7.58. The van der Waals surface area contributed by atoms with Crippen molar-refractivity contribution >= 4 is 5.69 Å². The van der Waals surface area contributed by atoms with Crippen molar-refractivity contribution in [1.29, 1.82) is 0 Å². The summed E-state index contributed by atoms with van der Waals surface area (Å²) in [6.45, 7) is 20.5. The molecule has 0 amide bonds. The Bertz CT molecular complexity index is 447. The number of benzene rings is 1. The van der Waals surface area contributed by atoms with Gasteiger partial charge in [0.15, 0.2) is 0 Å². The van der Waals surface area contributed by atoms with E-state index in [1.807, 2.05) is 7.05 Å². The maximum absolute atomic E-state index is 4.63. The SMILES string of the molecule is C[N-]c1c(C(C)(C)C)cc(C(C)(C)C)cc1C(C)(C)C.[K+]. The molecule has 0 fully saturated rings. The average molecular weight is 314 g/mol. The predicted octanol–water partition coefficient (Wildman–Crippen LogP) is 3.22. The molecule has 0 aliphatic carbocycles. The van der Waals surface area contributed by atoms with E-state index >= 15 is 0 Å². The van der Waals surface area contributed by atoms with Gasteiger partial charge >= 0.3 is 51.4 Å². The van der Waals surface area contributed by atoms with Gasteiger partial charge in [0.2, 0.25) is 0 Å². The molecule has 0 aliphatic rings. The number of hydrogen-bond acceptors (Lipinski definition) is 0. The van der Waals surface area contributed by atoms with Gasteiger partial charge in [-0.05, 0) is 21.8 Å². The summed E-state index contributed by atoms with van der Waals surface area (Å²) in [4.78, 5) is 0. The van der Waals surface area contributed by atoms with Crippen LogP contribution in [0.4, 0.5) is 5.69 Å². The Morgan fingerprint density at radius 3 is 1.19 bits per heavy atom. The zero-order valence-corrected chi connectivity index (χ0v) is 19.2. The summed E-state index contributed by atoms with van der Waals surface area (Å²) in [7, 11) is 1.91. The standard InChI is InChI=1S/C19H32N.K/c1-17(2,3)13-11-14(18(4,5)6)16(20-10)15(12-13)19(7,8)9;/h11-12H,1-10H3;/q-1;+1. The van der Waals surface area contributed by atoms with Crippen molar-refractivity contribution < 1.29 is 51.4 Å². The monoisotopic (exact) mass is 313 g/mol. The van der Waals surface area contributed by atoms with Crippen LogP contribution in [0.15, 0.2) is 12.1 Å². The summed E-state index contributed by atoms with van der Waals surface area (Å²) >= 11 is 0. The van der Waals surface area contributed by atoms with E-state index in [9.17, 15) is 0 Å². The van der Waals surface area contributed by atoms with Gasteiger partial charge in [-0.15, -0.1) is 12.7 Å². The zero-order valence-electron chi connectivity index (χ0n) is 16.1. The zero-order chi connectivity index (χ0) is 15.9. The molecule has 0 radical (unpaired) electrons. The van der Waals surface area contributed by atoms with E-state index in [0.29, 0.717) is 0 Å². The molecular weight excluding hydrogens is 281 g/mol. The van der Waals surface area contributed by atoms with Crippen molar-refractivity contribution in [2.45, 2.75) is 78.6 Å². The van der Waals surface area contributed by atoms with Crippen LogP contribution in [0.5, 0.6) is 0 Å². The van der Waals surface area contributed by atoms with E-state index in [-0.39, 0.29) is 67.6 Å². The Kier molecular flexibility index (Phi) is 7.27. The molecule has 1 rings (SSSR count). The number of hydrogen-bond donors (Lipinski definition) is 0. The summed E-state index contributed by atoms with van der Waals surface area (Å²) in [6, 6.07) is 4.72. The minimum absolute atomic E-state index is 0. The molecule has 0 unspecified atom stereocenters. The first-order valence-corrected chi connectivity index (χ1v) is 7.58. The van der Waals surface area contributed by atoms with E-state index in [4.69, 9.17) is 0 Å². The molecule has 0 spiro atoms. The van der Waals surface area contributed by atoms with Gasteiger partial charge in [0.1, 0.15) is 0 Å². The summed E-state index contributed by atoms with van der Waals surface area (Å²) in [5.41, 5.74) is 5.67. The maximum Gasteiger partial charge on any atom is 1.00 e. The Hall–Kier alpha value is 0.656. The minimum atomic E-state index is 0. The van der Waals surface area contributed by atoms with Gasteiger partial charge < -0.3 is 5.32 Å². The molecule has 0 aromatic heterocycles. The van der Waals surface area contributed by atoms with E-state index < -0.39 is 0 Å². The summed E-state index contributed by atoms with van der Waals surface area (Å²) in [6.07, 6.45) is 0. The third-order valence-electron chi connectivity index (χ3n) is 3.82. The fraction of sp³-hybridized carbons (Fsp3) is 0.684. The predicted molar refractivity (Wildman–Crippen MR) is 91.5 cm³/mol. The van der Waals surface area contributed by atoms with Crippen LogP contribution >= 0.6 is 0 Å². The van der Waals surface area contributed by atoms with Gasteiger partial charge in [0.05, 0.1) is 0 Å². The van der Waals surface area contributed by atoms with Crippen LogP contribution in [-0.2, 0) is 16.2 Å². The van der Waals surface area contributed by atoms with Gasteiger partial charge in [-0.1, -0.05) is 85.6 Å². The Labute approximate surface area is 175 Å². The van der Waals surface area contributed by atoms with Crippen LogP contribution in [0.2, 0.25) is 0 Å². The number of rotatable bonds is 1. The van der Waals surface area contributed by atoms with Gasteiger partial charge in [-0.2, -0.15) is 0 Å². The van der Waals surface area contributed by atoms with Crippen molar-refractivity contribution in [3.63, 3.8) is 0 Å². The van der Waals surface area contributed by atoms with Crippen molar-refractivity contribution in [2.75, 3.05) is 7.05 Å². The second-order valence-electron chi connectivity index (χ2n) is 8.89. The molecule has 0 aliphatic heterocycles. The smallest absolute Gasteiger partial charge is 0.686 e. The molecule has 0 saturated carbocycles. The summed E-state index contributed by atoms with van der Waals surface area (Å²) in [5.74, 6) is 0. The fourth-order valence-corrected chi connectivity index (χ4v) is 2.45. The van der Waals surface area contributed by atoms with Gasteiger partial charge in [-0.3, -0.25) is 0 Å². The van der Waals surface area contributed by atoms with E-state index in [1.54, 1.807) is 0 Å². The van der Waals surface area contributed by atoms with Gasteiger partial charge in [-0.25, -0.2) is 0 Å². The van der Waals surface area contributed by atoms with Crippen LogP contribution in [0.25, 0.3) is 5.32 Å². The number of nitrogens with zero attached hydrogens (tertiary/aromatic N) is 1. The Morgan fingerprint density at radius 2 is 1.00 bits per heavy atom. The maximum atomic E-state index is 4.63. The van der Waals surface area contributed by atoms with Crippen molar-refractivity contribution in [2.24, 2.45) is 0 Å². The average Bonchev–Trinajstić information content (AvgIpc) is 2.23.